The number of carbonyl (C=O) groups excluding carboxylic acids is 4. The van der Waals surface area contributed by atoms with Gasteiger partial charge in [0.25, 0.3) is 0 Å². The number of esters is 4. The molecule has 5 atom stereocenters. The summed E-state index contributed by atoms with van der Waals surface area (Å²) in [6.45, 7) is 9.56. The molecule has 0 fully saturated rings. The number of aliphatic hydroxyl groups is 1. The molecule has 0 heterocycles. The molecule has 0 saturated carbocycles. The van der Waals surface area contributed by atoms with Crippen molar-refractivity contribution in [2.45, 2.75) is 426 Å². The Bertz CT molecular complexity index is 1870. The Labute approximate surface area is 594 Å². The molecule has 97 heavy (non-hydrogen) atoms. The lowest BCUT2D eigenvalue weighted by molar-refractivity contribution is -0.161. The molecule has 0 aromatic rings. The van der Waals surface area contributed by atoms with Crippen LogP contribution in [0, 0.1) is 11.8 Å². The van der Waals surface area contributed by atoms with Crippen LogP contribution < -0.4 is 0 Å². The molecule has 0 radical (unpaired) electrons. The smallest absolute Gasteiger partial charge is 0.462 e. The lowest BCUT2D eigenvalue weighted by atomic mass is 10.0. The average molecular weight is 1420 g/mol. The maximum atomic E-state index is 13.1. The maximum absolute atomic E-state index is 13.1. The third-order valence-corrected chi connectivity index (χ3v) is 20.1. The average Bonchev–Trinajstić information content (AvgIpc) is 1.05. The minimum absolute atomic E-state index is 0.107. The number of carbonyl (C=O) groups is 4. The van der Waals surface area contributed by atoms with Crippen LogP contribution >= 0.6 is 15.6 Å². The Balaban J connectivity index is 5.23. The molecule has 0 spiro atoms. The zero-order valence-electron chi connectivity index (χ0n) is 63.4. The highest BCUT2D eigenvalue weighted by Gasteiger charge is 2.30. The van der Waals surface area contributed by atoms with E-state index in [0.717, 1.165) is 102 Å². The third-order valence-electron chi connectivity index (χ3n) is 18.2. The fourth-order valence-corrected chi connectivity index (χ4v) is 13.6. The predicted molar refractivity (Wildman–Crippen MR) is 395 cm³/mol. The highest BCUT2D eigenvalue weighted by molar-refractivity contribution is 7.47. The van der Waals surface area contributed by atoms with E-state index in [1.54, 1.807) is 0 Å². The Morgan fingerprint density at radius 3 is 0.701 bits per heavy atom. The molecule has 0 aliphatic rings. The molecule has 0 bridgehead atoms. The zero-order valence-corrected chi connectivity index (χ0v) is 65.2. The molecule has 0 aliphatic carbocycles. The van der Waals surface area contributed by atoms with Gasteiger partial charge in [0.05, 0.1) is 26.4 Å². The van der Waals surface area contributed by atoms with Crippen molar-refractivity contribution in [2.75, 3.05) is 39.6 Å². The van der Waals surface area contributed by atoms with E-state index >= 15 is 0 Å². The van der Waals surface area contributed by atoms with Crippen LogP contribution in [0.2, 0.25) is 0 Å². The van der Waals surface area contributed by atoms with E-state index in [4.69, 9.17) is 37.0 Å². The third kappa shape index (κ3) is 72.2. The normalized spacial score (nSPS) is 14.0. The number of unbranched alkanes of at least 4 members (excludes halogenated alkanes) is 47. The second-order valence-corrected chi connectivity index (χ2v) is 32.0. The first-order chi connectivity index (χ1) is 46.9. The molecular weight excluding hydrogens is 1270 g/mol. The van der Waals surface area contributed by atoms with Gasteiger partial charge in [-0.1, -0.05) is 356 Å². The lowest BCUT2D eigenvalue weighted by Gasteiger charge is -2.21. The summed E-state index contributed by atoms with van der Waals surface area (Å²) >= 11 is 0. The van der Waals surface area contributed by atoms with Crippen LogP contribution in [0.5, 0.6) is 0 Å². The van der Waals surface area contributed by atoms with Gasteiger partial charge >= 0.3 is 39.5 Å². The molecule has 0 amide bonds. The van der Waals surface area contributed by atoms with Crippen LogP contribution in [0.1, 0.15) is 408 Å². The molecule has 0 aliphatic heterocycles. The molecule has 17 nitrogen and oxygen atoms in total. The summed E-state index contributed by atoms with van der Waals surface area (Å²) in [7, 11) is -9.91. The van der Waals surface area contributed by atoms with Crippen molar-refractivity contribution in [1.29, 1.82) is 0 Å². The Hall–Kier alpha value is -1.94. The summed E-state index contributed by atoms with van der Waals surface area (Å²) in [5, 5.41) is 10.6. The summed E-state index contributed by atoms with van der Waals surface area (Å²) in [5.41, 5.74) is 0. The first kappa shape index (κ1) is 95.1. The van der Waals surface area contributed by atoms with Crippen LogP contribution in [0.15, 0.2) is 0 Å². The van der Waals surface area contributed by atoms with Gasteiger partial charge in [0, 0.05) is 25.7 Å². The van der Waals surface area contributed by atoms with Crippen molar-refractivity contribution in [3.05, 3.63) is 0 Å². The van der Waals surface area contributed by atoms with Crippen LogP contribution in [-0.2, 0) is 65.4 Å². The van der Waals surface area contributed by atoms with Gasteiger partial charge in [0.2, 0.25) is 0 Å². The molecule has 0 aromatic heterocycles. The Morgan fingerprint density at radius 1 is 0.278 bits per heavy atom. The van der Waals surface area contributed by atoms with Crippen molar-refractivity contribution in [2.24, 2.45) is 11.8 Å². The summed E-state index contributed by atoms with van der Waals surface area (Å²) in [4.78, 5) is 72.9. The van der Waals surface area contributed by atoms with Gasteiger partial charge in [-0.25, -0.2) is 9.13 Å². The minimum Gasteiger partial charge on any atom is -0.462 e. The Morgan fingerprint density at radius 2 is 0.474 bits per heavy atom. The topological polar surface area (TPSA) is 237 Å². The standard InChI is InChI=1S/C78H152O17P2/c1-7-9-11-13-15-17-19-21-22-23-26-30-33-37-41-48-54-60-75(80)88-66-73(94-77(82)63-57-51-43-39-35-31-27-24-25-29-32-36-40-46-52-58-70(3)4)68-92-96(84,85)90-64-72(79)65-91-97(86,87)93-69-74(67-89-76(81)61-55-49-45-44-47-53-59-71(5)6)95-78(83)62-56-50-42-38-34-28-20-18-16-14-12-10-8-2/h70-74,79H,7-69H2,1-6H3,(H,84,85)(H,86,87)/t72-,73-,74-/m1/s1. The fraction of sp³-hybridized carbons (Fsp3) is 0.949. The lowest BCUT2D eigenvalue weighted by Crippen LogP contribution is -2.30. The van der Waals surface area contributed by atoms with Crippen LogP contribution in [0.25, 0.3) is 0 Å². The quantitative estimate of drug-likeness (QED) is 0.0222. The number of phosphoric ester groups is 2. The van der Waals surface area contributed by atoms with Crippen molar-refractivity contribution >= 4 is 39.5 Å². The van der Waals surface area contributed by atoms with Crippen molar-refractivity contribution < 1.29 is 80.2 Å². The maximum Gasteiger partial charge on any atom is 0.472 e. The van der Waals surface area contributed by atoms with Gasteiger partial charge in [0.15, 0.2) is 12.2 Å². The van der Waals surface area contributed by atoms with Crippen LogP contribution in [0.3, 0.4) is 0 Å². The molecule has 0 rings (SSSR count). The SMILES string of the molecule is CCCCCCCCCCCCCCCCCCCC(=O)OC[C@H](COP(=O)(O)OC[C@@H](O)COP(=O)(O)OC[C@@H](COC(=O)CCCCCCCCC(C)C)OC(=O)CCCCCCCCCCCCCCC)OC(=O)CCCCCCCCCCCCCCCCCC(C)C. The molecule has 0 aromatic carbocycles. The first-order valence-corrected chi connectivity index (χ1v) is 43.5. The highest BCUT2D eigenvalue weighted by Crippen LogP contribution is 2.45. The van der Waals surface area contributed by atoms with Gasteiger partial charge < -0.3 is 33.8 Å². The van der Waals surface area contributed by atoms with E-state index in [1.807, 2.05) is 0 Å². The number of hydrogen-bond acceptors (Lipinski definition) is 15. The highest BCUT2D eigenvalue weighted by atomic mass is 31.2. The second kappa shape index (κ2) is 69.8. The van der Waals surface area contributed by atoms with Crippen molar-refractivity contribution in [3.63, 3.8) is 0 Å². The minimum atomic E-state index is -4.96. The van der Waals surface area contributed by atoms with E-state index in [1.165, 1.54) is 218 Å². The number of hydrogen-bond donors (Lipinski definition) is 3. The Kier molecular flexibility index (Phi) is 68.4. The van der Waals surface area contributed by atoms with Gasteiger partial charge in [-0.3, -0.25) is 37.3 Å². The number of aliphatic hydroxyl groups excluding tert-OH is 1. The predicted octanol–water partition coefficient (Wildman–Crippen LogP) is 23.1. The largest absolute Gasteiger partial charge is 0.472 e. The number of ether oxygens (including phenoxy) is 4. The van der Waals surface area contributed by atoms with Crippen LogP contribution in [-0.4, -0.2) is 96.7 Å². The second-order valence-electron chi connectivity index (χ2n) is 29.1. The van der Waals surface area contributed by atoms with Gasteiger partial charge in [-0.05, 0) is 37.5 Å². The van der Waals surface area contributed by atoms with E-state index < -0.39 is 97.5 Å². The molecular formula is C78H152O17P2. The van der Waals surface area contributed by atoms with E-state index in [0.29, 0.717) is 31.6 Å². The van der Waals surface area contributed by atoms with Gasteiger partial charge in [-0.15, -0.1) is 0 Å². The summed E-state index contributed by atoms with van der Waals surface area (Å²) in [5.74, 6) is -0.631. The van der Waals surface area contributed by atoms with E-state index in [-0.39, 0.29) is 25.7 Å². The molecule has 0 saturated heterocycles. The van der Waals surface area contributed by atoms with Gasteiger partial charge in [0.1, 0.15) is 19.3 Å². The molecule has 3 N–H and O–H groups in total. The molecule has 2 unspecified atom stereocenters. The monoisotopic (exact) mass is 1420 g/mol. The van der Waals surface area contributed by atoms with E-state index in [9.17, 15) is 43.2 Å². The van der Waals surface area contributed by atoms with Crippen molar-refractivity contribution in [3.8, 4) is 0 Å². The fourth-order valence-electron chi connectivity index (χ4n) is 12.0. The van der Waals surface area contributed by atoms with Crippen molar-refractivity contribution in [1.82, 2.24) is 0 Å². The molecule has 19 heteroatoms. The zero-order chi connectivity index (χ0) is 71.4. The number of phosphoric acid groups is 2. The molecule has 576 valence electrons. The first-order valence-electron chi connectivity index (χ1n) is 40.5. The van der Waals surface area contributed by atoms with Gasteiger partial charge in [-0.2, -0.15) is 0 Å². The summed E-state index contributed by atoms with van der Waals surface area (Å²) in [6, 6.07) is 0. The number of rotatable bonds is 77. The summed E-state index contributed by atoms with van der Waals surface area (Å²) in [6.07, 6.45) is 58.4. The van der Waals surface area contributed by atoms with Crippen LogP contribution in [0.4, 0.5) is 0 Å². The summed E-state index contributed by atoms with van der Waals surface area (Å²) < 4.78 is 68.6. The van der Waals surface area contributed by atoms with E-state index in [2.05, 4.69) is 41.5 Å².